The van der Waals surface area contributed by atoms with Crippen LogP contribution in [0.4, 0.5) is 4.39 Å². The van der Waals surface area contributed by atoms with Gasteiger partial charge >= 0.3 is 0 Å². The predicted molar refractivity (Wildman–Crippen MR) is 115 cm³/mol. The number of hydrogen-bond donors (Lipinski definition) is 2. The van der Waals surface area contributed by atoms with Crippen LogP contribution in [0, 0.1) is 5.82 Å². The molecule has 0 fully saturated rings. The maximum Gasteiger partial charge on any atom is 0.238 e. The van der Waals surface area contributed by atoms with Gasteiger partial charge in [0.15, 0.2) is 0 Å². The second-order valence-electron chi connectivity index (χ2n) is 6.78. The number of primary sulfonamides is 1. The van der Waals surface area contributed by atoms with E-state index in [1.807, 2.05) is 12.1 Å². The van der Waals surface area contributed by atoms with Crippen LogP contribution in [-0.4, -0.2) is 15.0 Å². The fourth-order valence-electron chi connectivity index (χ4n) is 2.87. The van der Waals surface area contributed by atoms with Gasteiger partial charge in [0.05, 0.1) is 4.90 Å². The third kappa shape index (κ3) is 6.53. The normalized spacial score (nSPS) is 11.4. The fourth-order valence-corrected chi connectivity index (χ4v) is 3.58. The summed E-state index contributed by atoms with van der Waals surface area (Å²) in [6.45, 7) is 1.55. The summed E-state index contributed by atoms with van der Waals surface area (Å²) >= 11 is 6.13. The number of nitrogens with one attached hydrogen (secondary N) is 1. The number of rotatable bonds is 9. The molecule has 0 amide bonds. The molecule has 5 nitrogen and oxygen atoms in total. The molecular formula is C22H22ClFN2O3S. The molecule has 0 aliphatic heterocycles. The Morgan fingerprint density at radius 3 is 2.30 bits per heavy atom. The van der Waals surface area contributed by atoms with E-state index in [2.05, 4.69) is 5.32 Å². The van der Waals surface area contributed by atoms with Gasteiger partial charge in [-0.1, -0.05) is 35.9 Å². The van der Waals surface area contributed by atoms with E-state index in [4.69, 9.17) is 21.5 Å². The topological polar surface area (TPSA) is 81.4 Å². The lowest BCUT2D eigenvalue weighted by atomic mass is 10.1. The zero-order valence-electron chi connectivity index (χ0n) is 16.1. The lowest BCUT2D eigenvalue weighted by Gasteiger charge is -2.13. The molecule has 3 aromatic carbocycles. The highest BCUT2D eigenvalue weighted by atomic mass is 35.5. The van der Waals surface area contributed by atoms with Gasteiger partial charge in [-0.15, -0.1) is 0 Å². The lowest BCUT2D eigenvalue weighted by molar-refractivity contribution is 0.302. The first-order valence-corrected chi connectivity index (χ1v) is 11.2. The molecule has 30 heavy (non-hydrogen) atoms. The Bertz CT molecular complexity index is 1090. The van der Waals surface area contributed by atoms with E-state index in [1.54, 1.807) is 30.3 Å². The molecule has 0 radical (unpaired) electrons. The van der Waals surface area contributed by atoms with Crippen molar-refractivity contribution in [3.05, 3.63) is 94.3 Å². The average Bonchev–Trinajstić information content (AvgIpc) is 2.71. The molecular weight excluding hydrogens is 427 g/mol. The lowest BCUT2D eigenvalue weighted by Crippen LogP contribution is -2.17. The Labute approximate surface area is 180 Å². The molecule has 0 aliphatic rings. The van der Waals surface area contributed by atoms with E-state index in [9.17, 15) is 12.8 Å². The van der Waals surface area contributed by atoms with E-state index >= 15 is 0 Å². The molecule has 158 valence electrons. The molecule has 3 aromatic rings. The summed E-state index contributed by atoms with van der Waals surface area (Å²) in [4.78, 5) is 0.0982. The van der Waals surface area contributed by atoms with Gasteiger partial charge in [0.1, 0.15) is 18.2 Å². The highest BCUT2D eigenvalue weighted by Gasteiger charge is 2.08. The Balaban J connectivity index is 1.54. The van der Waals surface area contributed by atoms with Crippen LogP contribution in [0.1, 0.15) is 16.7 Å². The van der Waals surface area contributed by atoms with Crippen LogP contribution in [0.5, 0.6) is 5.75 Å². The Hall–Kier alpha value is -2.45. The standard InChI is InChI=1S/C22H22ClFN2O3S/c23-19-5-10-22(29-15-17-1-6-20(24)7-2-17)18(13-19)14-26-12-11-16-3-8-21(9-4-16)30(25,27)28/h1-10,13,26H,11-12,14-15H2,(H2,25,27,28). The zero-order chi connectivity index (χ0) is 21.6. The van der Waals surface area contributed by atoms with E-state index < -0.39 is 10.0 Å². The van der Waals surface area contributed by atoms with Crippen molar-refractivity contribution in [2.24, 2.45) is 5.14 Å². The van der Waals surface area contributed by atoms with Gasteiger partial charge in [-0.3, -0.25) is 0 Å². The van der Waals surface area contributed by atoms with Crippen LogP contribution in [0.15, 0.2) is 71.6 Å². The monoisotopic (exact) mass is 448 g/mol. The van der Waals surface area contributed by atoms with Gasteiger partial charge in [0.2, 0.25) is 10.0 Å². The summed E-state index contributed by atoms with van der Waals surface area (Å²) < 4.78 is 41.5. The van der Waals surface area contributed by atoms with Crippen molar-refractivity contribution in [1.82, 2.24) is 5.32 Å². The van der Waals surface area contributed by atoms with Gasteiger partial charge in [0.25, 0.3) is 0 Å². The summed E-state index contributed by atoms with van der Waals surface area (Å²) in [6, 6.07) is 18.1. The third-order valence-electron chi connectivity index (χ3n) is 4.49. The van der Waals surface area contributed by atoms with Crippen molar-refractivity contribution in [3.8, 4) is 5.75 Å². The molecule has 0 bridgehead atoms. The van der Waals surface area contributed by atoms with Gasteiger partial charge in [-0.05, 0) is 66.6 Å². The molecule has 0 saturated heterocycles. The highest BCUT2D eigenvalue weighted by molar-refractivity contribution is 7.89. The zero-order valence-corrected chi connectivity index (χ0v) is 17.7. The van der Waals surface area contributed by atoms with Crippen molar-refractivity contribution in [3.63, 3.8) is 0 Å². The second-order valence-corrected chi connectivity index (χ2v) is 8.78. The Morgan fingerprint density at radius 1 is 0.967 bits per heavy atom. The fraction of sp³-hybridized carbons (Fsp3) is 0.182. The Kier molecular flexibility index (Phi) is 7.44. The quantitative estimate of drug-likeness (QED) is 0.484. The van der Waals surface area contributed by atoms with E-state index in [0.717, 1.165) is 23.1 Å². The smallest absolute Gasteiger partial charge is 0.238 e. The Morgan fingerprint density at radius 2 is 1.63 bits per heavy atom. The van der Waals surface area contributed by atoms with Crippen LogP contribution in [0.25, 0.3) is 0 Å². The number of halogens is 2. The first-order chi connectivity index (χ1) is 14.3. The molecule has 0 atom stereocenters. The number of ether oxygens (including phenoxy) is 1. The number of hydrogen-bond acceptors (Lipinski definition) is 4. The predicted octanol–water partition coefficient (Wildman–Crippen LogP) is 4.04. The van der Waals surface area contributed by atoms with Crippen molar-refractivity contribution >= 4 is 21.6 Å². The molecule has 0 unspecified atom stereocenters. The second kappa shape index (κ2) is 10.0. The van der Waals surface area contributed by atoms with Crippen molar-refractivity contribution in [1.29, 1.82) is 0 Å². The minimum Gasteiger partial charge on any atom is -0.489 e. The third-order valence-corrected chi connectivity index (χ3v) is 5.65. The van der Waals surface area contributed by atoms with Crippen molar-refractivity contribution in [2.75, 3.05) is 6.54 Å². The summed E-state index contributed by atoms with van der Waals surface area (Å²) in [7, 11) is -3.68. The van der Waals surface area contributed by atoms with Gasteiger partial charge in [0, 0.05) is 17.1 Å². The summed E-state index contributed by atoms with van der Waals surface area (Å²) in [6.07, 6.45) is 0.719. The molecule has 3 rings (SSSR count). The molecule has 0 heterocycles. The van der Waals surface area contributed by atoms with Gasteiger partial charge in [-0.2, -0.15) is 0 Å². The van der Waals surface area contributed by atoms with Crippen LogP contribution in [0.2, 0.25) is 5.02 Å². The largest absolute Gasteiger partial charge is 0.489 e. The number of benzene rings is 3. The van der Waals surface area contributed by atoms with Crippen molar-refractivity contribution < 1.29 is 17.5 Å². The summed E-state index contributed by atoms with van der Waals surface area (Å²) in [5.41, 5.74) is 2.77. The summed E-state index contributed by atoms with van der Waals surface area (Å²) in [5, 5.41) is 9.06. The maximum absolute atomic E-state index is 13.0. The minimum atomic E-state index is -3.68. The van der Waals surface area contributed by atoms with E-state index in [0.29, 0.717) is 30.5 Å². The minimum absolute atomic E-state index is 0.0982. The number of sulfonamides is 1. The van der Waals surface area contributed by atoms with E-state index in [-0.39, 0.29) is 10.7 Å². The van der Waals surface area contributed by atoms with Gasteiger partial charge < -0.3 is 10.1 Å². The molecule has 0 saturated carbocycles. The average molecular weight is 449 g/mol. The van der Waals surface area contributed by atoms with Crippen LogP contribution < -0.4 is 15.2 Å². The molecule has 0 aromatic heterocycles. The van der Waals surface area contributed by atoms with Crippen LogP contribution in [-0.2, 0) is 29.6 Å². The highest BCUT2D eigenvalue weighted by Crippen LogP contribution is 2.24. The first-order valence-electron chi connectivity index (χ1n) is 9.29. The maximum atomic E-state index is 13.0. The number of nitrogens with two attached hydrogens (primary N) is 1. The first kappa shape index (κ1) is 22.2. The van der Waals surface area contributed by atoms with Crippen LogP contribution >= 0.6 is 11.6 Å². The van der Waals surface area contributed by atoms with Crippen molar-refractivity contribution in [2.45, 2.75) is 24.5 Å². The molecule has 0 aliphatic carbocycles. The molecule has 0 spiro atoms. The summed E-state index contributed by atoms with van der Waals surface area (Å²) in [5.74, 6) is 0.420. The van der Waals surface area contributed by atoms with E-state index in [1.165, 1.54) is 24.3 Å². The van der Waals surface area contributed by atoms with Gasteiger partial charge in [-0.25, -0.2) is 17.9 Å². The SMILES string of the molecule is NS(=O)(=O)c1ccc(CCNCc2cc(Cl)ccc2OCc2ccc(F)cc2)cc1. The molecule has 8 heteroatoms. The van der Waals surface area contributed by atoms with Crippen LogP contribution in [0.3, 0.4) is 0 Å². The molecule has 3 N–H and O–H groups in total.